The summed E-state index contributed by atoms with van der Waals surface area (Å²) in [6, 6.07) is 4.51. The number of halogens is 3. The van der Waals surface area contributed by atoms with Crippen LogP contribution in [0, 0.1) is 24.4 Å². The predicted molar refractivity (Wildman–Crippen MR) is 122 cm³/mol. The largest absolute Gasteiger partial charge is 0.444 e. The van der Waals surface area contributed by atoms with Crippen LogP contribution < -0.4 is 10.2 Å². The third-order valence-electron chi connectivity index (χ3n) is 6.00. The quantitative estimate of drug-likeness (QED) is 0.562. The van der Waals surface area contributed by atoms with Crippen LogP contribution >= 0.6 is 0 Å². The molecule has 1 saturated heterocycles. The Labute approximate surface area is 195 Å². The molecule has 0 unspecified atom stereocenters. The molecule has 0 saturated carbocycles. The third-order valence-corrected chi connectivity index (χ3v) is 6.00. The van der Waals surface area contributed by atoms with Gasteiger partial charge in [0.25, 0.3) is 0 Å². The number of hydrogen-bond donors (Lipinski definition) is 1. The Morgan fingerprint density at radius 3 is 2.53 bits per heavy atom. The Bertz CT molecular complexity index is 1240. The number of alkyl carbamates (subject to hydrolysis) is 1. The predicted octanol–water partition coefficient (Wildman–Crippen LogP) is 4.58. The number of amides is 1. The molecule has 1 aliphatic rings. The standard InChI is InChI=1S/C24H28F3N5O2/c1-13-28-19-6-7-21(30-22(19)31(13)5)32-9-8-14(15-10-17(26)18(27)11-16(15)25)20(12-32)29-23(33)34-24(2,3)4/h6-7,10-11,14,20H,8-9,12H2,1-5H3,(H,29,33)/t14-,20+/m1/s1. The van der Waals surface area contributed by atoms with Gasteiger partial charge < -0.3 is 19.5 Å². The van der Waals surface area contributed by atoms with Crippen LogP contribution in [0.25, 0.3) is 11.2 Å². The van der Waals surface area contributed by atoms with Crippen molar-refractivity contribution in [3.63, 3.8) is 0 Å². The van der Waals surface area contributed by atoms with Gasteiger partial charge in [-0.2, -0.15) is 0 Å². The summed E-state index contributed by atoms with van der Waals surface area (Å²) in [7, 11) is 1.88. The lowest BCUT2D eigenvalue weighted by Gasteiger charge is -2.40. The van der Waals surface area contributed by atoms with Gasteiger partial charge in [-0.05, 0) is 57.9 Å². The molecule has 10 heteroatoms. The minimum Gasteiger partial charge on any atom is -0.444 e. The van der Waals surface area contributed by atoms with Crippen LogP contribution in [-0.4, -0.2) is 45.4 Å². The van der Waals surface area contributed by atoms with Gasteiger partial charge in [0.05, 0.1) is 6.04 Å². The number of carbonyl (C=O) groups is 1. The molecule has 1 aliphatic heterocycles. The lowest BCUT2D eigenvalue weighted by molar-refractivity contribution is 0.0492. The number of carbonyl (C=O) groups excluding carboxylic acids is 1. The van der Waals surface area contributed by atoms with Crippen molar-refractivity contribution in [3.8, 4) is 0 Å². The lowest BCUT2D eigenvalue weighted by Crippen LogP contribution is -2.53. The van der Waals surface area contributed by atoms with E-state index in [0.29, 0.717) is 24.8 Å². The van der Waals surface area contributed by atoms with Crippen molar-refractivity contribution in [2.75, 3.05) is 18.0 Å². The van der Waals surface area contributed by atoms with Gasteiger partial charge in [-0.25, -0.2) is 27.9 Å². The second kappa shape index (κ2) is 8.81. The van der Waals surface area contributed by atoms with E-state index in [0.717, 1.165) is 23.1 Å². The van der Waals surface area contributed by atoms with E-state index < -0.39 is 41.1 Å². The summed E-state index contributed by atoms with van der Waals surface area (Å²) in [5, 5.41) is 2.81. The summed E-state index contributed by atoms with van der Waals surface area (Å²) in [5.74, 6) is -2.31. The molecule has 1 amide bonds. The van der Waals surface area contributed by atoms with E-state index in [-0.39, 0.29) is 12.1 Å². The summed E-state index contributed by atoms with van der Waals surface area (Å²) < 4.78 is 49.4. The van der Waals surface area contributed by atoms with Crippen molar-refractivity contribution in [1.82, 2.24) is 19.9 Å². The molecule has 4 rings (SSSR count). The van der Waals surface area contributed by atoms with Gasteiger partial charge in [-0.3, -0.25) is 0 Å². The van der Waals surface area contributed by atoms with Crippen molar-refractivity contribution in [2.45, 2.75) is 51.7 Å². The first kappa shape index (κ1) is 23.8. The molecular formula is C24H28F3N5O2. The number of benzene rings is 1. The highest BCUT2D eigenvalue weighted by Crippen LogP contribution is 2.33. The van der Waals surface area contributed by atoms with E-state index >= 15 is 0 Å². The zero-order valence-electron chi connectivity index (χ0n) is 19.8. The fraction of sp³-hybridized carbons (Fsp3) is 0.458. The smallest absolute Gasteiger partial charge is 0.407 e. The molecule has 1 fully saturated rings. The summed E-state index contributed by atoms with van der Waals surface area (Å²) in [4.78, 5) is 23.7. The van der Waals surface area contributed by atoms with Crippen LogP contribution in [-0.2, 0) is 11.8 Å². The number of nitrogens with zero attached hydrogens (tertiary/aromatic N) is 4. The molecular weight excluding hydrogens is 447 g/mol. The highest BCUT2D eigenvalue weighted by molar-refractivity contribution is 5.74. The molecule has 3 heterocycles. The summed E-state index contributed by atoms with van der Waals surface area (Å²) in [6.45, 7) is 7.86. The first-order valence-corrected chi connectivity index (χ1v) is 11.1. The van der Waals surface area contributed by atoms with Crippen molar-refractivity contribution < 1.29 is 22.7 Å². The van der Waals surface area contributed by atoms with E-state index in [4.69, 9.17) is 9.72 Å². The summed E-state index contributed by atoms with van der Waals surface area (Å²) in [6.07, 6.45) is -0.287. The number of imidazole rings is 1. The van der Waals surface area contributed by atoms with E-state index in [1.54, 1.807) is 20.8 Å². The fourth-order valence-corrected chi connectivity index (χ4v) is 4.30. The summed E-state index contributed by atoms with van der Waals surface area (Å²) >= 11 is 0. The number of hydrogen-bond acceptors (Lipinski definition) is 5. The molecule has 0 aliphatic carbocycles. The molecule has 182 valence electrons. The molecule has 0 bridgehead atoms. The Balaban J connectivity index is 1.65. The third kappa shape index (κ3) is 4.80. The zero-order valence-corrected chi connectivity index (χ0v) is 19.8. The highest BCUT2D eigenvalue weighted by atomic mass is 19.2. The first-order chi connectivity index (χ1) is 15.9. The molecule has 7 nitrogen and oxygen atoms in total. The second-order valence-corrected chi connectivity index (χ2v) is 9.61. The van der Waals surface area contributed by atoms with E-state index in [9.17, 15) is 18.0 Å². The number of nitrogens with one attached hydrogen (secondary N) is 1. The van der Waals surface area contributed by atoms with Crippen molar-refractivity contribution >= 4 is 23.1 Å². The maximum atomic E-state index is 14.7. The minimum atomic E-state index is -1.25. The first-order valence-electron chi connectivity index (χ1n) is 11.1. The second-order valence-electron chi connectivity index (χ2n) is 9.61. The Hall–Kier alpha value is -3.30. The van der Waals surface area contributed by atoms with Crippen LogP contribution in [0.3, 0.4) is 0 Å². The normalized spacial score (nSPS) is 18.9. The Morgan fingerprint density at radius 1 is 1.12 bits per heavy atom. The number of rotatable bonds is 3. The number of pyridine rings is 1. The summed E-state index contributed by atoms with van der Waals surface area (Å²) in [5.41, 5.74) is 0.780. The highest BCUT2D eigenvalue weighted by Gasteiger charge is 2.35. The number of ether oxygens (including phenoxy) is 1. The van der Waals surface area contributed by atoms with E-state index in [2.05, 4.69) is 10.3 Å². The van der Waals surface area contributed by atoms with Crippen molar-refractivity contribution in [1.29, 1.82) is 0 Å². The van der Waals surface area contributed by atoms with E-state index in [1.165, 1.54) is 0 Å². The number of piperidine rings is 1. The molecule has 0 radical (unpaired) electrons. The van der Waals surface area contributed by atoms with Gasteiger partial charge in [0, 0.05) is 32.1 Å². The molecule has 1 N–H and O–H groups in total. The molecule has 1 aromatic carbocycles. The van der Waals surface area contributed by atoms with E-state index in [1.807, 2.05) is 35.6 Å². The maximum Gasteiger partial charge on any atom is 0.407 e. The topological polar surface area (TPSA) is 72.3 Å². The zero-order chi connectivity index (χ0) is 24.8. The van der Waals surface area contributed by atoms with Gasteiger partial charge in [0.1, 0.15) is 28.6 Å². The Kier molecular flexibility index (Phi) is 6.18. The van der Waals surface area contributed by atoms with Crippen molar-refractivity contribution in [2.24, 2.45) is 7.05 Å². The number of fused-ring (bicyclic) bond motifs is 1. The molecule has 2 atom stereocenters. The van der Waals surface area contributed by atoms with Gasteiger partial charge in [0.15, 0.2) is 17.3 Å². The SMILES string of the molecule is Cc1nc2ccc(N3CC[C@H](c4cc(F)c(F)cc4F)[C@@H](NC(=O)OC(C)(C)C)C3)nc2n1C. The van der Waals surface area contributed by atoms with Crippen molar-refractivity contribution in [3.05, 3.63) is 53.1 Å². The van der Waals surface area contributed by atoms with Crippen LogP contribution in [0.2, 0.25) is 0 Å². The maximum absolute atomic E-state index is 14.7. The van der Waals surface area contributed by atoms with Crippen LogP contribution in [0.4, 0.5) is 23.8 Å². The van der Waals surface area contributed by atoms with Crippen LogP contribution in [0.5, 0.6) is 0 Å². The van der Waals surface area contributed by atoms with Crippen LogP contribution in [0.15, 0.2) is 24.3 Å². The molecule has 2 aromatic heterocycles. The van der Waals surface area contributed by atoms with Gasteiger partial charge in [0.2, 0.25) is 0 Å². The average Bonchev–Trinajstić information content (AvgIpc) is 3.03. The Morgan fingerprint density at radius 2 is 1.82 bits per heavy atom. The van der Waals surface area contributed by atoms with Gasteiger partial charge in [-0.15, -0.1) is 0 Å². The number of anilines is 1. The fourth-order valence-electron chi connectivity index (χ4n) is 4.30. The number of aromatic nitrogens is 3. The average molecular weight is 476 g/mol. The van der Waals surface area contributed by atoms with Gasteiger partial charge in [-0.1, -0.05) is 0 Å². The van der Waals surface area contributed by atoms with Gasteiger partial charge >= 0.3 is 6.09 Å². The molecule has 0 spiro atoms. The molecule has 34 heavy (non-hydrogen) atoms. The lowest BCUT2D eigenvalue weighted by atomic mass is 9.84. The minimum absolute atomic E-state index is 0.0188. The molecule has 3 aromatic rings. The van der Waals surface area contributed by atoms with Crippen LogP contribution in [0.1, 0.15) is 44.5 Å². The monoisotopic (exact) mass is 475 g/mol. The number of aryl methyl sites for hydroxylation is 2.